The molecule has 1 amide bonds. The maximum absolute atomic E-state index is 12.9. The van der Waals surface area contributed by atoms with E-state index in [4.69, 9.17) is 10.5 Å². The number of nitrogens with two attached hydrogens (primary N) is 1. The first kappa shape index (κ1) is 17.0. The summed E-state index contributed by atoms with van der Waals surface area (Å²) in [6, 6.07) is 15.5. The Morgan fingerprint density at radius 2 is 1.79 bits per heavy atom. The number of carbonyl (C=O) groups is 1. The molecule has 1 aliphatic rings. The van der Waals surface area contributed by atoms with Crippen LogP contribution in [0.3, 0.4) is 0 Å². The minimum atomic E-state index is -0.407. The number of halogens is 1. The van der Waals surface area contributed by atoms with Gasteiger partial charge in [-0.25, -0.2) is 0 Å². The average molecular weight is 389 g/mol. The lowest BCUT2D eigenvalue weighted by atomic mass is 9.64. The molecule has 0 heterocycles. The van der Waals surface area contributed by atoms with E-state index in [-0.39, 0.29) is 5.91 Å². The van der Waals surface area contributed by atoms with E-state index < -0.39 is 5.41 Å². The molecule has 0 atom stereocenters. The van der Waals surface area contributed by atoms with Crippen molar-refractivity contribution in [3.63, 3.8) is 0 Å². The standard InChI is InChI=1S/C19H21BrN2O2/c20-15-4-2-14(3-5-15)19(10-1-11-19)18(23)22-16-6-8-17(9-7-16)24-13-12-21/h2-9H,1,10-13,21H2,(H,22,23). The Morgan fingerprint density at radius 1 is 1.12 bits per heavy atom. The molecule has 0 spiro atoms. The Labute approximate surface area is 150 Å². The topological polar surface area (TPSA) is 64.3 Å². The Morgan fingerprint density at radius 3 is 2.33 bits per heavy atom. The molecule has 0 bridgehead atoms. The van der Waals surface area contributed by atoms with E-state index in [0.717, 1.165) is 40.7 Å². The van der Waals surface area contributed by atoms with Crippen LogP contribution in [-0.4, -0.2) is 19.1 Å². The zero-order valence-corrected chi connectivity index (χ0v) is 15.0. The SMILES string of the molecule is NCCOc1ccc(NC(=O)C2(c3ccc(Br)cc3)CCC2)cc1. The summed E-state index contributed by atoms with van der Waals surface area (Å²) in [5.74, 6) is 0.816. The van der Waals surface area contributed by atoms with Gasteiger partial charge in [-0.15, -0.1) is 0 Å². The van der Waals surface area contributed by atoms with Gasteiger partial charge in [-0.1, -0.05) is 34.5 Å². The highest BCUT2D eigenvalue weighted by Gasteiger charge is 2.45. The molecule has 0 radical (unpaired) electrons. The van der Waals surface area contributed by atoms with Gasteiger partial charge >= 0.3 is 0 Å². The van der Waals surface area contributed by atoms with Crippen LogP contribution in [0, 0.1) is 0 Å². The maximum atomic E-state index is 12.9. The van der Waals surface area contributed by atoms with E-state index >= 15 is 0 Å². The Hall–Kier alpha value is -1.85. The predicted molar refractivity (Wildman–Crippen MR) is 99.3 cm³/mol. The summed E-state index contributed by atoms with van der Waals surface area (Å²) in [4.78, 5) is 12.9. The largest absolute Gasteiger partial charge is 0.492 e. The molecule has 2 aromatic rings. The van der Waals surface area contributed by atoms with Crippen LogP contribution in [-0.2, 0) is 10.2 Å². The van der Waals surface area contributed by atoms with Crippen LogP contribution in [0.15, 0.2) is 53.0 Å². The van der Waals surface area contributed by atoms with Gasteiger partial charge in [-0.05, 0) is 54.8 Å². The normalized spacial score (nSPS) is 15.4. The van der Waals surface area contributed by atoms with E-state index in [1.807, 2.05) is 48.5 Å². The maximum Gasteiger partial charge on any atom is 0.235 e. The number of hydrogen-bond donors (Lipinski definition) is 2. The molecule has 2 aromatic carbocycles. The van der Waals surface area contributed by atoms with E-state index in [2.05, 4.69) is 21.2 Å². The number of carbonyl (C=O) groups excluding carboxylic acids is 1. The molecule has 5 heteroatoms. The van der Waals surface area contributed by atoms with Crippen LogP contribution < -0.4 is 15.8 Å². The van der Waals surface area contributed by atoms with E-state index in [9.17, 15) is 4.79 Å². The van der Waals surface area contributed by atoms with Crippen LogP contribution in [0.25, 0.3) is 0 Å². The smallest absolute Gasteiger partial charge is 0.235 e. The number of nitrogens with one attached hydrogen (secondary N) is 1. The molecule has 0 saturated heterocycles. The van der Waals surface area contributed by atoms with Crippen LogP contribution in [0.2, 0.25) is 0 Å². The highest BCUT2D eigenvalue weighted by molar-refractivity contribution is 9.10. The summed E-state index contributed by atoms with van der Waals surface area (Å²) in [6.45, 7) is 0.965. The summed E-state index contributed by atoms with van der Waals surface area (Å²) in [5, 5.41) is 3.05. The zero-order valence-electron chi connectivity index (χ0n) is 13.4. The van der Waals surface area contributed by atoms with Gasteiger partial charge in [-0.3, -0.25) is 4.79 Å². The molecule has 1 fully saturated rings. The number of anilines is 1. The summed E-state index contributed by atoms with van der Waals surface area (Å²) in [7, 11) is 0. The molecule has 126 valence electrons. The molecule has 0 unspecified atom stereocenters. The van der Waals surface area contributed by atoms with Gasteiger partial charge in [0.1, 0.15) is 12.4 Å². The van der Waals surface area contributed by atoms with Gasteiger partial charge in [0.25, 0.3) is 0 Å². The van der Waals surface area contributed by atoms with Crippen LogP contribution in [0.4, 0.5) is 5.69 Å². The third-order valence-corrected chi connectivity index (χ3v) is 5.07. The van der Waals surface area contributed by atoms with E-state index in [0.29, 0.717) is 13.2 Å². The van der Waals surface area contributed by atoms with Crippen molar-refractivity contribution >= 4 is 27.5 Å². The van der Waals surface area contributed by atoms with Crippen molar-refractivity contribution in [1.82, 2.24) is 0 Å². The Bertz CT molecular complexity index is 694. The van der Waals surface area contributed by atoms with Crippen molar-refractivity contribution in [2.45, 2.75) is 24.7 Å². The molecular weight excluding hydrogens is 368 g/mol. The van der Waals surface area contributed by atoms with Crippen LogP contribution in [0.1, 0.15) is 24.8 Å². The van der Waals surface area contributed by atoms with Crippen molar-refractivity contribution < 1.29 is 9.53 Å². The lowest BCUT2D eigenvalue weighted by Gasteiger charge is -2.40. The third kappa shape index (κ3) is 3.47. The minimum Gasteiger partial charge on any atom is -0.492 e. The molecule has 4 nitrogen and oxygen atoms in total. The quantitative estimate of drug-likeness (QED) is 0.789. The fourth-order valence-electron chi connectivity index (χ4n) is 3.01. The highest BCUT2D eigenvalue weighted by atomic mass is 79.9. The van der Waals surface area contributed by atoms with Gasteiger partial charge in [0, 0.05) is 16.7 Å². The van der Waals surface area contributed by atoms with Gasteiger partial charge in [0.2, 0.25) is 5.91 Å². The average Bonchev–Trinajstić information content (AvgIpc) is 2.55. The molecule has 0 aromatic heterocycles. The molecule has 0 aliphatic heterocycles. The molecule has 1 aliphatic carbocycles. The summed E-state index contributed by atoms with van der Waals surface area (Å²) in [5.41, 5.74) is 6.88. The zero-order chi connectivity index (χ0) is 17.0. The molecule has 3 N–H and O–H groups in total. The van der Waals surface area contributed by atoms with Gasteiger partial charge < -0.3 is 15.8 Å². The molecular formula is C19H21BrN2O2. The second-order valence-electron chi connectivity index (χ2n) is 6.06. The number of ether oxygens (including phenoxy) is 1. The van der Waals surface area contributed by atoms with Crippen molar-refractivity contribution in [3.05, 3.63) is 58.6 Å². The van der Waals surface area contributed by atoms with Crippen LogP contribution in [0.5, 0.6) is 5.75 Å². The Kier molecular flexibility index (Phi) is 5.21. The van der Waals surface area contributed by atoms with E-state index in [1.165, 1.54) is 0 Å². The predicted octanol–water partition coefficient (Wildman–Crippen LogP) is 3.85. The minimum absolute atomic E-state index is 0.0618. The van der Waals surface area contributed by atoms with Crippen molar-refractivity contribution in [1.29, 1.82) is 0 Å². The molecule has 1 saturated carbocycles. The van der Waals surface area contributed by atoms with E-state index in [1.54, 1.807) is 0 Å². The molecule has 3 rings (SSSR count). The summed E-state index contributed by atoms with van der Waals surface area (Å²) >= 11 is 3.45. The van der Waals surface area contributed by atoms with Crippen molar-refractivity contribution in [2.75, 3.05) is 18.5 Å². The van der Waals surface area contributed by atoms with Gasteiger partial charge in [0.15, 0.2) is 0 Å². The van der Waals surface area contributed by atoms with Crippen LogP contribution >= 0.6 is 15.9 Å². The highest BCUT2D eigenvalue weighted by Crippen LogP contribution is 2.44. The summed E-state index contributed by atoms with van der Waals surface area (Å²) in [6.07, 6.45) is 2.85. The first-order valence-corrected chi connectivity index (χ1v) is 8.94. The lowest BCUT2D eigenvalue weighted by molar-refractivity contribution is -0.124. The monoisotopic (exact) mass is 388 g/mol. The fourth-order valence-corrected chi connectivity index (χ4v) is 3.27. The fraction of sp³-hybridized carbons (Fsp3) is 0.316. The Balaban J connectivity index is 1.72. The van der Waals surface area contributed by atoms with Gasteiger partial charge in [-0.2, -0.15) is 0 Å². The van der Waals surface area contributed by atoms with Crippen molar-refractivity contribution in [3.8, 4) is 5.75 Å². The summed E-state index contributed by atoms with van der Waals surface area (Å²) < 4.78 is 6.48. The first-order chi connectivity index (χ1) is 11.6. The number of amides is 1. The lowest BCUT2D eigenvalue weighted by Crippen LogP contribution is -2.45. The number of benzene rings is 2. The number of rotatable bonds is 6. The second kappa shape index (κ2) is 7.36. The third-order valence-electron chi connectivity index (χ3n) is 4.54. The molecule has 24 heavy (non-hydrogen) atoms. The first-order valence-electron chi connectivity index (χ1n) is 8.14. The second-order valence-corrected chi connectivity index (χ2v) is 6.97. The van der Waals surface area contributed by atoms with Crippen molar-refractivity contribution in [2.24, 2.45) is 5.73 Å². The number of hydrogen-bond acceptors (Lipinski definition) is 3. The van der Waals surface area contributed by atoms with Gasteiger partial charge in [0.05, 0.1) is 5.41 Å².